The van der Waals surface area contributed by atoms with E-state index in [0.29, 0.717) is 17.2 Å². The maximum Gasteiger partial charge on any atom is 0.344 e. The third kappa shape index (κ3) is 4.75. The minimum atomic E-state index is -3.92. The average Bonchev–Trinajstić information content (AvgIpc) is 2.70. The number of rotatable bonds is 6. The van der Waals surface area contributed by atoms with Gasteiger partial charge in [-0.2, -0.15) is 8.42 Å². The largest absolute Gasteiger partial charge is 0.497 e. The van der Waals surface area contributed by atoms with Crippen LogP contribution < -0.4 is 14.8 Å². The smallest absolute Gasteiger partial charge is 0.344 e. The number of anilines is 1. The van der Waals surface area contributed by atoms with Crippen LogP contribution >= 0.6 is 0 Å². The van der Waals surface area contributed by atoms with Gasteiger partial charge in [-0.3, -0.25) is 9.10 Å². The van der Waals surface area contributed by atoms with Crippen LogP contribution in [0.1, 0.15) is 12.5 Å². The average molecular weight is 415 g/mol. The highest BCUT2D eigenvalue weighted by Gasteiger charge is 2.28. The van der Waals surface area contributed by atoms with Crippen LogP contribution in [0.25, 0.3) is 0 Å². The van der Waals surface area contributed by atoms with Crippen LogP contribution in [0, 0.1) is 0 Å². The second-order valence-corrected chi connectivity index (χ2v) is 7.82. The topological polar surface area (TPSA) is 97.3 Å². The zero-order valence-corrected chi connectivity index (χ0v) is 17.1. The fraction of sp³-hybridized carbons (Fsp3) is 0.200. The Labute approximate surface area is 169 Å². The molecule has 0 spiro atoms. The van der Waals surface area contributed by atoms with Crippen molar-refractivity contribution >= 4 is 27.5 Å². The summed E-state index contributed by atoms with van der Waals surface area (Å²) in [5, 5.41) is 2.74. The lowest BCUT2D eigenvalue weighted by molar-refractivity contribution is -0.112. The Hall–Kier alpha value is -3.33. The summed E-state index contributed by atoms with van der Waals surface area (Å²) in [5.41, 5.74) is 1.54. The first-order valence-corrected chi connectivity index (χ1v) is 10.1. The number of benzene rings is 2. The standard InChI is InChI=1S/C20H21N3O5S/c1-14-19(20(24)21-16-5-4-6-18(11-16)28-3)13-23(29(25,26)22-14)12-15-7-9-17(27-2)10-8-15/h4-11,13H,12H2,1-3H3,(H,21,24). The summed E-state index contributed by atoms with van der Waals surface area (Å²) in [5.74, 6) is 0.793. The highest BCUT2D eigenvalue weighted by Crippen LogP contribution is 2.23. The summed E-state index contributed by atoms with van der Waals surface area (Å²) < 4.78 is 39.9. The molecule has 29 heavy (non-hydrogen) atoms. The van der Waals surface area contributed by atoms with Gasteiger partial charge in [0.25, 0.3) is 5.91 Å². The summed E-state index contributed by atoms with van der Waals surface area (Å²) >= 11 is 0. The van der Waals surface area contributed by atoms with Crippen molar-refractivity contribution in [2.24, 2.45) is 4.40 Å². The van der Waals surface area contributed by atoms with Crippen molar-refractivity contribution < 1.29 is 22.7 Å². The van der Waals surface area contributed by atoms with Gasteiger partial charge >= 0.3 is 10.2 Å². The van der Waals surface area contributed by atoms with Crippen molar-refractivity contribution in [2.45, 2.75) is 13.5 Å². The van der Waals surface area contributed by atoms with E-state index >= 15 is 0 Å². The molecule has 0 unspecified atom stereocenters. The maximum absolute atomic E-state index is 12.7. The summed E-state index contributed by atoms with van der Waals surface area (Å²) in [7, 11) is -0.839. The molecule has 1 aliphatic heterocycles. The first-order chi connectivity index (χ1) is 13.8. The highest BCUT2D eigenvalue weighted by molar-refractivity contribution is 7.88. The van der Waals surface area contributed by atoms with Gasteiger partial charge in [0.05, 0.1) is 32.0 Å². The van der Waals surface area contributed by atoms with E-state index in [9.17, 15) is 13.2 Å². The third-order valence-electron chi connectivity index (χ3n) is 4.28. The minimum absolute atomic E-state index is 0.0407. The van der Waals surface area contributed by atoms with E-state index in [0.717, 1.165) is 9.87 Å². The predicted octanol–water partition coefficient (Wildman–Crippen LogP) is 2.75. The van der Waals surface area contributed by atoms with E-state index < -0.39 is 16.1 Å². The lowest BCUT2D eigenvalue weighted by Crippen LogP contribution is -2.32. The van der Waals surface area contributed by atoms with Gasteiger partial charge in [-0.1, -0.05) is 18.2 Å². The van der Waals surface area contributed by atoms with E-state index in [2.05, 4.69) is 9.71 Å². The SMILES string of the molecule is COc1ccc(CN2C=C(C(=O)Nc3cccc(OC)c3)C(C)=NS2(=O)=O)cc1. The zero-order valence-electron chi connectivity index (χ0n) is 16.2. The number of ether oxygens (including phenoxy) is 2. The molecule has 9 heteroatoms. The molecule has 0 fully saturated rings. The van der Waals surface area contributed by atoms with Gasteiger partial charge in [-0.25, -0.2) is 0 Å². The molecule has 0 saturated carbocycles. The number of nitrogens with zero attached hydrogens (tertiary/aromatic N) is 2. The Morgan fingerprint density at radius 3 is 2.41 bits per heavy atom. The van der Waals surface area contributed by atoms with Crippen molar-refractivity contribution in [2.75, 3.05) is 19.5 Å². The molecule has 0 atom stereocenters. The van der Waals surface area contributed by atoms with Crippen molar-refractivity contribution in [1.29, 1.82) is 0 Å². The molecule has 0 saturated heterocycles. The quantitative estimate of drug-likeness (QED) is 0.782. The summed E-state index contributed by atoms with van der Waals surface area (Å²) in [6, 6.07) is 13.9. The molecular formula is C20H21N3O5S. The Bertz CT molecular complexity index is 1080. The number of hydrogen-bond acceptors (Lipinski definition) is 5. The Balaban J connectivity index is 1.84. The molecule has 1 amide bonds. The van der Waals surface area contributed by atoms with Gasteiger partial charge in [0.1, 0.15) is 11.5 Å². The second-order valence-electron chi connectivity index (χ2n) is 6.28. The maximum atomic E-state index is 12.7. The van der Waals surface area contributed by atoms with Gasteiger partial charge in [0.15, 0.2) is 0 Å². The molecule has 3 rings (SSSR count). The molecule has 1 aliphatic rings. The molecule has 8 nitrogen and oxygen atoms in total. The van der Waals surface area contributed by atoms with E-state index in [-0.39, 0.29) is 17.8 Å². The number of carbonyl (C=O) groups excluding carboxylic acids is 1. The Morgan fingerprint density at radius 2 is 1.76 bits per heavy atom. The summed E-state index contributed by atoms with van der Waals surface area (Å²) in [4.78, 5) is 12.7. The zero-order chi connectivity index (χ0) is 21.0. The number of carbonyl (C=O) groups is 1. The minimum Gasteiger partial charge on any atom is -0.497 e. The van der Waals surface area contributed by atoms with Gasteiger partial charge in [-0.15, -0.1) is 4.40 Å². The lowest BCUT2D eigenvalue weighted by Gasteiger charge is -2.24. The summed E-state index contributed by atoms with van der Waals surface area (Å²) in [6.45, 7) is 1.53. The van der Waals surface area contributed by atoms with Crippen molar-refractivity contribution in [3.8, 4) is 11.5 Å². The molecule has 1 N–H and O–H groups in total. The molecule has 152 valence electrons. The van der Waals surface area contributed by atoms with Crippen LogP contribution in [0.2, 0.25) is 0 Å². The van der Waals surface area contributed by atoms with E-state index in [1.165, 1.54) is 20.2 Å². The number of methoxy groups -OCH3 is 2. The van der Waals surface area contributed by atoms with Gasteiger partial charge < -0.3 is 14.8 Å². The number of hydrogen-bond donors (Lipinski definition) is 1. The third-order valence-corrected chi connectivity index (χ3v) is 5.61. The summed E-state index contributed by atoms with van der Waals surface area (Å²) in [6.07, 6.45) is 1.30. The van der Waals surface area contributed by atoms with Crippen LogP contribution in [0.15, 0.2) is 64.7 Å². The first kappa shape index (κ1) is 20.4. The molecule has 2 aromatic carbocycles. The van der Waals surface area contributed by atoms with Crippen LogP contribution in [0.4, 0.5) is 5.69 Å². The van der Waals surface area contributed by atoms with Gasteiger partial charge in [0.2, 0.25) is 0 Å². The molecule has 0 aliphatic carbocycles. The monoisotopic (exact) mass is 415 g/mol. The van der Waals surface area contributed by atoms with E-state index in [4.69, 9.17) is 9.47 Å². The highest BCUT2D eigenvalue weighted by atomic mass is 32.2. The van der Waals surface area contributed by atoms with Crippen molar-refractivity contribution in [3.63, 3.8) is 0 Å². The Morgan fingerprint density at radius 1 is 1.07 bits per heavy atom. The number of nitrogens with one attached hydrogen (secondary N) is 1. The van der Waals surface area contributed by atoms with Crippen LogP contribution in [0.5, 0.6) is 11.5 Å². The second kappa shape index (κ2) is 8.36. The van der Waals surface area contributed by atoms with Gasteiger partial charge in [-0.05, 0) is 36.8 Å². The van der Waals surface area contributed by atoms with Crippen molar-refractivity contribution in [3.05, 3.63) is 65.9 Å². The molecule has 1 heterocycles. The van der Waals surface area contributed by atoms with Crippen LogP contribution in [-0.2, 0) is 21.5 Å². The van der Waals surface area contributed by atoms with E-state index in [1.807, 2.05) is 0 Å². The molecule has 0 bridgehead atoms. The Kier molecular flexibility index (Phi) is 5.88. The van der Waals surface area contributed by atoms with Crippen LogP contribution in [0.3, 0.4) is 0 Å². The van der Waals surface area contributed by atoms with Crippen LogP contribution in [-0.4, -0.2) is 38.6 Å². The van der Waals surface area contributed by atoms with Gasteiger partial charge in [0, 0.05) is 18.0 Å². The lowest BCUT2D eigenvalue weighted by atomic mass is 10.1. The van der Waals surface area contributed by atoms with Crippen molar-refractivity contribution in [1.82, 2.24) is 4.31 Å². The normalized spacial score (nSPS) is 15.2. The molecular weight excluding hydrogens is 394 g/mol. The molecule has 0 radical (unpaired) electrons. The van der Waals surface area contributed by atoms with E-state index in [1.54, 1.807) is 55.6 Å². The predicted molar refractivity (Wildman–Crippen MR) is 110 cm³/mol. The number of amides is 1. The fourth-order valence-electron chi connectivity index (χ4n) is 2.74. The molecule has 2 aromatic rings. The molecule has 0 aromatic heterocycles. The first-order valence-electron chi connectivity index (χ1n) is 8.71. The fourth-order valence-corrected chi connectivity index (χ4v) is 3.84.